The van der Waals surface area contributed by atoms with Gasteiger partial charge in [0.1, 0.15) is 5.15 Å². The molecule has 0 aliphatic carbocycles. The van der Waals surface area contributed by atoms with E-state index >= 15 is 0 Å². The average molecular weight is 173 g/mol. The van der Waals surface area contributed by atoms with E-state index < -0.39 is 0 Å². The number of hydrogen-bond acceptors (Lipinski definition) is 3. The second-order valence-corrected chi connectivity index (χ2v) is 2.78. The summed E-state index contributed by atoms with van der Waals surface area (Å²) in [7, 11) is 0. The van der Waals surface area contributed by atoms with Gasteiger partial charge in [-0.3, -0.25) is 0 Å². The van der Waals surface area contributed by atoms with E-state index in [1.54, 1.807) is 5.38 Å². The fourth-order valence-corrected chi connectivity index (χ4v) is 1.30. The molecule has 1 aromatic rings. The zero-order valence-electron chi connectivity index (χ0n) is 5.10. The van der Waals surface area contributed by atoms with E-state index in [0.29, 0.717) is 11.7 Å². The highest BCUT2D eigenvalue weighted by atomic mass is 35.5. The van der Waals surface area contributed by atoms with Gasteiger partial charge in [-0.05, 0) is 0 Å². The molecule has 2 nitrogen and oxygen atoms in total. The zero-order valence-corrected chi connectivity index (χ0v) is 6.67. The minimum atomic E-state index is 0.490. The Bertz CT molecular complexity index is 250. The van der Waals surface area contributed by atoms with Gasteiger partial charge in [0, 0.05) is 5.38 Å². The quantitative estimate of drug-likeness (QED) is 0.689. The number of terminal acetylenes is 1. The van der Waals surface area contributed by atoms with Crippen molar-refractivity contribution in [3.8, 4) is 12.3 Å². The van der Waals surface area contributed by atoms with Crippen LogP contribution in [0.5, 0.6) is 0 Å². The smallest absolute Gasteiger partial charge is 0.184 e. The van der Waals surface area contributed by atoms with Crippen LogP contribution >= 0.6 is 22.9 Å². The van der Waals surface area contributed by atoms with Crippen LogP contribution in [0.1, 0.15) is 0 Å². The number of thiazole rings is 1. The molecule has 0 atom stereocenters. The number of hydrogen-bond donors (Lipinski definition) is 1. The van der Waals surface area contributed by atoms with Crippen LogP contribution in [-0.4, -0.2) is 11.5 Å². The van der Waals surface area contributed by atoms with Gasteiger partial charge in [-0.2, -0.15) is 0 Å². The number of halogens is 1. The summed E-state index contributed by atoms with van der Waals surface area (Å²) in [5, 5.41) is 5.92. The van der Waals surface area contributed by atoms with E-state index in [0.717, 1.165) is 5.13 Å². The lowest BCUT2D eigenvalue weighted by Crippen LogP contribution is -1.96. The third kappa shape index (κ3) is 1.90. The fraction of sp³-hybridized carbons (Fsp3) is 0.167. The van der Waals surface area contributed by atoms with Crippen LogP contribution in [0.2, 0.25) is 5.15 Å². The van der Waals surface area contributed by atoms with E-state index in [1.165, 1.54) is 11.3 Å². The van der Waals surface area contributed by atoms with Crippen molar-refractivity contribution in [2.24, 2.45) is 0 Å². The fourth-order valence-electron chi connectivity index (χ4n) is 0.462. The molecule has 0 bridgehead atoms. The molecule has 0 unspecified atom stereocenters. The van der Waals surface area contributed by atoms with Crippen LogP contribution < -0.4 is 5.32 Å². The van der Waals surface area contributed by atoms with Crippen LogP contribution in [0, 0.1) is 12.3 Å². The minimum absolute atomic E-state index is 0.490. The summed E-state index contributed by atoms with van der Waals surface area (Å²) in [6.07, 6.45) is 5.01. The Kier molecular flexibility index (Phi) is 2.55. The normalized spacial score (nSPS) is 8.80. The topological polar surface area (TPSA) is 24.9 Å². The summed E-state index contributed by atoms with van der Waals surface area (Å²) < 4.78 is 0. The summed E-state index contributed by atoms with van der Waals surface area (Å²) in [6.45, 7) is 0.490. The van der Waals surface area contributed by atoms with Gasteiger partial charge in [-0.15, -0.1) is 17.8 Å². The average Bonchev–Trinajstić information content (AvgIpc) is 2.31. The van der Waals surface area contributed by atoms with Crippen LogP contribution in [0.3, 0.4) is 0 Å². The molecule has 1 aromatic heterocycles. The number of aromatic nitrogens is 1. The first-order valence-electron chi connectivity index (χ1n) is 2.61. The second-order valence-electron chi connectivity index (χ2n) is 1.53. The summed E-state index contributed by atoms with van der Waals surface area (Å²) in [4.78, 5) is 3.93. The zero-order chi connectivity index (χ0) is 7.40. The molecular formula is C6H5ClN2S. The molecule has 0 radical (unpaired) electrons. The Balaban J connectivity index is 2.52. The lowest BCUT2D eigenvalue weighted by Gasteiger charge is -1.91. The van der Waals surface area contributed by atoms with Crippen LogP contribution in [0.15, 0.2) is 5.38 Å². The number of nitrogens with one attached hydrogen (secondary N) is 1. The molecular weight excluding hydrogens is 168 g/mol. The van der Waals surface area contributed by atoms with E-state index in [2.05, 4.69) is 16.2 Å². The molecule has 10 heavy (non-hydrogen) atoms. The van der Waals surface area contributed by atoms with Crippen molar-refractivity contribution in [1.82, 2.24) is 4.98 Å². The Labute approximate surface area is 68.2 Å². The van der Waals surface area contributed by atoms with Gasteiger partial charge >= 0.3 is 0 Å². The molecule has 0 saturated heterocycles. The van der Waals surface area contributed by atoms with Crippen LogP contribution in [0.25, 0.3) is 0 Å². The van der Waals surface area contributed by atoms with Gasteiger partial charge in [-0.25, -0.2) is 4.98 Å². The molecule has 0 aliphatic rings. The summed E-state index contributed by atoms with van der Waals surface area (Å²) in [5.41, 5.74) is 0. The highest BCUT2D eigenvalue weighted by Gasteiger charge is 1.95. The molecule has 0 aromatic carbocycles. The lowest BCUT2D eigenvalue weighted by molar-refractivity contribution is 1.31. The largest absolute Gasteiger partial charge is 0.351 e. The van der Waals surface area contributed by atoms with E-state index in [-0.39, 0.29) is 0 Å². The number of nitrogens with zero attached hydrogens (tertiary/aromatic N) is 1. The third-order valence-electron chi connectivity index (χ3n) is 0.818. The van der Waals surface area contributed by atoms with Crippen molar-refractivity contribution in [2.45, 2.75) is 0 Å². The molecule has 1 N–H and O–H groups in total. The minimum Gasteiger partial charge on any atom is -0.351 e. The molecule has 52 valence electrons. The predicted molar refractivity (Wildman–Crippen MR) is 44.4 cm³/mol. The standard InChI is InChI=1S/C6H5ClN2S/c1-2-3-8-6-9-5(7)4-10-6/h1,4H,3H2,(H,8,9). The molecule has 0 amide bonds. The highest BCUT2D eigenvalue weighted by Crippen LogP contribution is 2.17. The molecule has 1 heterocycles. The Morgan fingerprint density at radius 3 is 3.20 bits per heavy atom. The summed E-state index contributed by atoms with van der Waals surface area (Å²) >= 11 is 6.99. The highest BCUT2D eigenvalue weighted by molar-refractivity contribution is 7.14. The molecule has 0 fully saturated rings. The molecule has 0 aliphatic heterocycles. The first kappa shape index (κ1) is 7.39. The maximum Gasteiger partial charge on any atom is 0.184 e. The number of rotatable bonds is 2. The monoisotopic (exact) mass is 172 g/mol. The van der Waals surface area contributed by atoms with E-state index in [9.17, 15) is 0 Å². The molecule has 1 rings (SSSR count). The van der Waals surface area contributed by atoms with E-state index in [1.807, 2.05) is 0 Å². The second kappa shape index (κ2) is 3.45. The van der Waals surface area contributed by atoms with Gasteiger partial charge < -0.3 is 5.32 Å². The number of anilines is 1. The van der Waals surface area contributed by atoms with Crippen molar-refractivity contribution in [1.29, 1.82) is 0 Å². The van der Waals surface area contributed by atoms with Gasteiger partial charge in [0.05, 0.1) is 6.54 Å². The maximum absolute atomic E-state index is 5.55. The first-order valence-corrected chi connectivity index (χ1v) is 3.87. The van der Waals surface area contributed by atoms with Gasteiger partial charge in [-0.1, -0.05) is 17.5 Å². The van der Waals surface area contributed by atoms with E-state index in [4.69, 9.17) is 18.0 Å². The van der Waals surface area contributed by atoms with Crippen molar-refractivity contribution < 1.29 is 0 Å². The van der Waals surface area contributed by atoms with Gasteiger partial charge in [0.25, 0.3) is 0 Å². The summed E-state index contributed by atoms with van der Waals surface area (Å²) in [5.74, 6) is 2.44. The Morgan fingerprint density at radius 2 is 2.70 bits per heavy atom. The van der Waals surface area contributed by atoms with Crippen molar-refractivity contribution in [3.63, 3.8) is 0 Å². The van der Waals surface area contributed by atoms with Crippen molar-refractivity contribution in [2.75, 3.05) is 11.9 Å². The first-order chi connectivity index (χ1) is 4.83. The molecule has 0 saturated carbocycles. The lowest BCUT2D eigenvalue weighted by atomic mass is 10.7. The van der Waals surface area contributed by atoms with Gasteiger partial charge in [0.15, 0.2) is 5.13 Å². The third-order valence-corrected chi connectivity index (χ3v) is 1.94. The molecule has 4 heteroatoms. The Hall–Kier alpha value is -0.720. The van der Waals surface area contributed by atoms with Crippen molar-refractivity contribution >= 4 is 28.1 Å². The van der Waals surface area contributed by atoms with Gasteiger partial charge in [0.2, 0.25) is 0 Å². The van der Waals surface area contributed by atoms with Crippen LogP contribution in [-0.2, 0) is 0 Å². The SMILES string of the molecule is C#CCNc1nc(Cl)cs1. The Morgan fingerprint density at radius 1 is 1.90 bits per heavy atom. The summed E-state index contributed by atoms with van der Waals surface area (Å²) in [6, 6.07) is 0. The maximum atomic E-state index is 5.55. The van der Waals surface area contributed by atoms with Crippen LogP contribution in [0.4, 0.5) is 5.13 Å². The molecule has 0 spiro atoms. The van der Waals surface area contributed by atoms with Crippen molar-refractivity contribution in [3.05, 3.63) is 10.5 Å². The predicted octanol–water partition coefficient (Wildman–Crippen LogP) is 1.84.